The average molecular weight is 436 g/mol. The number of rotatable bonds is 8. The summed E-state index contributed by atoms with van der Waals surface area (Å²) in [6.45, 7) is 5.41. The van der Waals surface area contributed by atoms with Crippen LogP contribution in [0.5, 0.6) is 5.75 Å². The summed E-state index contributed by atoms with van der Waals surface area (Å²) in [7, 11) is 1.55. The molecule has 8 heteroatoms. The second-order valence-electron chi connectivity index (χ2n) is 7.33. The van der Waals surface area contributed by atoms with Gasteiger partial charge in [-0.1, -0.05) is 36.9 Å². The lowest BCUT2D eigenvalue weighted by Gasteiger charge is -2.34. The minimum Gasteiger partial charge on any atom is -0.497 e. The Labute approximate surface area is 185 Å². The summed E-state index contributed by atoms with van der Waals surface area (Å²) >= 11 is 0. The Kier molecular flexibility index (Phi) is 7.04. The van der Waals surface area contributed by atoms with Crippen molar-refractivity contribution in [2.45, 2.75) is 25.8 Å². The van der Waals surface area contributed by atoms with E-state index in [1.807, 2.05) is 6.07 Å². The number of esters is 1. The zero-order valence-electron chi connectivity index (χ0n) is 17.9. The molecule has 166 valence electrons. The first kappa shape index (κ1) is 22.7. The van der Waals surface area contributed by atoms with Crippen LogP contribution in [0.4, 0.5) is 5.69 Å². The highest BCUT2D eigenvalue weighted by Crippen LogP contribution is 2.38. The van der Waals surface area contributed by atoms with E-state index in [1.165, 1.54) is 23.1 Å². The highest BCUT2D eigenvalue weighted by Gasteiger charge is 2.37. The van der Waals surface area contributed by atoms with Gasteiger partial charge in [0.05, 0.1) is 24.2 Å². The molecule has 0 N–H and O–H groups in total. The summed E-state index contributed by atoms with van der Waals surface area (Å²) in [6, 6.07) is 13.3. The molecule has 1 aliphatic rings. The molecule has 1 heterocycles. The first-order valence-corrected chi connectivity index (χ1v) is 10.0. The summed E-state index contributed by atoms with van der Waals surface area (Å²) in [6.07, 6.45) is 1.53. The maximum absolute atomic E-state index is 13.1. The molecular weight excluding hydrogens is 412 g/mol. The van der Waals surface area contributed by atoms with Crippen molar-refractivity contribution in [3.63, 3.8) is 0 Å². The molecule has 0 saturated heterocycles. The van der Waals surface area contributed by atoms with Gasteiger partial charge in [0.1, 0.15) is 12.4 Å². The standard InChI is InChI=1S/C24H24N2O6/c1-4-11-32-24(28)23-16(2)25(15-17-7-5-9-19(12-17)26(29)30)22(27)14-21(23)18-8-6-10-20(13-18)31-3/h4-10,12-13,21H,1,11,14-15H2,2-3H3. The quantitative estimate of drug-likeness (QED) is 0.267. The second-order valence-corrected chi connectivity index (χ2v) is 7.33. The Morgan fingerprint density at radius 3 is 2.72 bits per heavy atom. The molecule has 0 fully saturated rings. The zero-order chi connectivity index (χ0) is 23.3. The maximum atomic E-state index is 13.1. The van der Waals surface area contributed by atoms with E-state index >= 15 is 0 Å². The highest BCUT2D eigenvalue weighted by atomic mass is 16.6. The van der Waals surface area contributed by atoms with Gasteiger partial charge >= 0.3 is 5.97 Å². The number of hydrogen-bond donors (Lipinski definition) is 0. The van der Waals surface area contributed by atoms with Crippen molar-refractivity contribution >= 4 is 17.6 Å². The van der Waals surface area contributed by atoms with Gasteiger partial charge in [-0.2, -0.15) is 0 Å². The summed E-state index contributed by atoms with van der Waals surface area (Å²) in [5.41, 5.74) is 2.11. The topological polar surface area (TPSA) is 99.0 Å². The van der Waals surface area contributed by atoms with Gasteiger partial charge in [0.15, 0.2) is 0 Å². The molecule has 0 aliphatic carbocycles. The summed E-state index contributed by atoms with van der Waals surface area (Å²) < 4.78 is 10.6. The monoisotopic (exact) mass is 436 g/mol. The van der Waals surface area contributed by atoms with Crippen molar-refractivity contribution in [2.75, 3.05) is 13.7 Å². The zero-order valence-corrected chi connectivity index (χ0v) is 17.9. The number of methoxy groups -OCH3 is 1. The van der Waals surface area contributed by atoms with Gasteiger partial charge < -0.3 is 14.4 Å². The fraction of sp³-hybridized carbons (Fsp3) is 0.250. The maximum Gasteiger partial charge on any atom is 0.336 e. The number of carbonyl (C=O) groups excluding carboxylic acids is 2. The van der Waals surface area contributed by atoms with Gasteiger partial charge in [0, 0.05) is 30.2 Å². The summed E-state index contributed by atoms with van der Waals surface area (Å²) in [5, 5.41) is 11.1. The number of nitro benzene ring substituents is 1. The molecule has 0 spiro atoms. The number of carbonyl (C=O) groups is 2. The van der Waals surface area contributed by atoms with Crippen molar-refractivity contribution in [2.24, 2.45) is 0 Å². The molecule has 1 amide bonds. The molecule has 1 unspecified atom stereocenters. The molecule has 0 saturated carbocycles. The number of hydrogen-bond acceptors (Lipinski definition) is 6. The lowest BCUT2D eigenvalue weighted by Crippen LogP contribution is -2.38. The van der Waals surface area contributed by atoms with E-state index in [-0.39, 0.29) is 31.2 Å². The van der Waals surface area contributed by atoms with Crippen LogP contribution in [0.15, 0.2) is 72.5 Å². The number of allylic oxidation sites excluding steroid dienone is 1. The van der Waals surface area contributed by atoms with Crippen LogP contribution in [-0.4, -0.2) is 35.4 Å². The second kappa shape index (κ2) is 9.91. The van der Waals surface area contributed by atoms with Crippen molar-refractivity contribution < 1.29 is 24.0 Å². The Morgan fingerprint density at radius 2 is 2.03 bits per heavy atom. The normalized spacial score (nSPS) is 16.0. The van der Waals surface area contributed by atoms with Crippen LogP contribution in [0.25, 0.3) is 0 Å². The van der Waals surface area contributed by atoms with Crippen molar-refractivity contribution in [3.8, 4) is 5.75 Å². The first-order valence-electron chi connectivity index (χ1n) is 10.0. The molecule has 2 aromatic rings. The van der Waals surface area contributed by atoms with Gasteiger partial charge in [0.25, 0.3) is 5.69 Å². The third-order valence-electron chi connectivity index (χ3n) is 5.33. The SMILES string of the molecule is C=CCOC(=O)C1=C(C)N(Cc2cccc([N+](=O)[O-])c2)C(=O)CC1c1cccc(OC)c1. The minimum absolute atomic E-state index is 0.0409. The molecule has 8 nitrogen and oxygen atoms in total. The highest BCUT2D eigenvalue weighted by molar-refractivity contribution is 5.96. The lowest BCUT2D eigenvalue weighted by molar-refractivity contribution is -0.384. The Hall–Kier alpha value is -3.94. The van der Waals surface area contributed by atoms with Crippen LogP contribution in [-0.2, 0) is 20.9 Å². The van der Waals surface area contributed by atoms with E-state index < -0.39 is 16.8 Å². The molecule has 0 aromatic heterocycles. The smallest absolute Gasteiger partial charge is 0.336 e. The molecule has 2 aromatic carbocycles. The third-order valence-corrected chi connectivity index (χ3v) is 5.33. The lowest BCUT2D eigenvalue weighted by atomic mass is 9.83. The molecule has 1 atom stereocenters. The van der Waals surface area contributed by atoms with E-state index in [2.05, 4.69) is 6.58 Å². The van der Waals surface area contributed by atoms with Crippen LogP contribution < -0.4 is 4.74 Å². The van der Waals surface area contributed by atoms with Crippen molar-refractivity contribution in [3.05, 3.63) is 93.7 Å². The number of amides is 1. The van der Waals surface area contributed by atoms with Gasteiger partial charge in [-0.15, -0.1) is 0 Å². The van der Waals surface area contributed by atoms with E-state index in [0.29, 0.717) is 22.6 Å². The fourth-order valence-corrected chi connectivity index (χ4v) is 3.77. The largest absolute Gasteiger partial charge is 0.497 e. The van der Waals surface area contributed by atoms with E-state index in [9.17, 15) is 19.7 Å². The third kappa shape index (κ3) is 4.85. The van der Waals surface area contributed by atoms with Gasteiger partial charge in [-0.3, -0.25) is 14.9 Å². The number of benzene rings is 2. The number of nitrogens with zero attached hydrogens (tertiary/aromatic N) is 2. The Morgan fingerprint density at radius 1 is 1.28 bits per heavy atom. The molecule has 1 aliphatic heterocycles. The van der Waals surface area contributed by atoms with Crippen molar-refractivity contribution in [1.29, 1.82) is 0 Å². The molecule has 0 radical (unpaired) electrons. The van der Waals surface area contributed by atoms with Crippen LogP contribution in [0.1, 0.15) is 30.4 Å². The number of non-ortho nitro benzene ring substituents is 1. The summed E-state index contributed by atoms with van der Waals surface area (Å²) in [4.78, 5) is 38.2. The average Bonchev–Trinajstić information content (AvgIpc) is 2.80. The first-order chi connectivity index (χ1) is 15.3. The predicted molar refractivity (Wildman–Crippen MR) is 118 cm³/mol. The van der Waals surface area contributed by atoms with Crippen LogP contribution in [0.2, 0.25) is 0 Å². The van der Waals surface area contributed by atoms with E-state index in [1.54, 1.807) is 44.4 Å². The van der Waals surface area contributed by atoms with E-state index in [4.69, 9.17) is 9.47 Å². The Balaban J connectivity index is 2.03. The molecular formula is C24H24N2O6. The van der Waals surface area contributed by atoms with E-state index in [0.717, 1.165) is 5.56 Å². The minimum atomic E-state index is -0.535. The van der Waals surface area contributed by atoms with Gasteiger partial charge in [0.2, 0.25) is 5.91 Å². The molecule has 0 bridgehead atoms. The molecule has 3 rings (SSSR count). The fourth-order valence-electron chi connectivity index (χ4n) is 3.77. The summed E-state index contributed by atoms with van der Waals surface area (Å²) in [5.74, 6) is -0.615. The van der Waals surface area contributed by atoms with Crippen molar-refractivity contribution in [1.82, 2.24) is 4.90 Å². The number of ether oxygens (including phenoxy) is 2. The van der Waals surface area contributed by atoms with Gasteiger partial charge in [-0.05, 0) is 30.2 Å². The van der Waals surface area contributed by atoms with Gasteiger partial charge in [-0.25, -0.2) is 4.79 Å². The van der Waals surface area contributed by atoms with Crippen LogP contribution >= 0.6 is 0 Å². The van der Waals surface area contributed by atoms with Crippen LogP contribution in [0, 0.1) is 10.1 Å². The number of nitro groups is 1. The predicted octanol–water partition coefficient (Wildman–Crippen LogP) is 4.12. The van der Waals surface area contributed by atoms with Crippen LogP contribution in [0.3, 0.4) is 0 Å². The molecule has 32 heavy (non-hydrogen) atoms. The Bertz CT molecular complexity index is 1090.